The van der Waals surface area contributed by atoms with Gasteiger partial charge in [-0.3, -0.25) is 9.59 Å². The number of carbonyl (C=O) groups is 1. The molecule has 1 atom stereocenters. The third-order valence-corrected chi connectivity index (χ3v) is 3.43. The minimum atomic E-state index is -0.286. The fourth-order valence-corrected chi connectivity index (χ4v) is 2.23. The molecule has 0 saturated heterocycles. The van der Waals surface area contributed by atoms with E-state index in [1.807, 2.05) is 19.1 Å². The summed E-state index contributed by atoms with van der Waals surface area (Å²) in [7, 11) is 0. The van der Waals surface area contributed by atoms with Crippen molar-refractivity contribution in [3.63, 3.8) is 0 Å². The molecule has 0 saturated carbocycles. The summed E-state index contributed by atoms with van der Waals surface area (Å²) >= 11 is 0. The van der Waals surface area contributed by atoms with Crippen LogP contribution in [0.15, 0.2) is 46.1 Å². The third-order valence-electron chi connectivity index (χ3n) is 3.43. The summed E-state index contributed by atoms with van der Waals surface area (Å²) in [4.78, 5) is 42.2. The van der Waals surface area contributed by atoms with Crippen LogP contribution >= 0.6 is 0 Å². The van der Waals surface area contributed by atoms with Crippen molar-refractivity contribution in [3.05, 3.63) is 68.5 Å². The van der Waals surface area contributed by atoms with Gasteiger partial charge in [-0.05, 0) is 30.7 Å². The Labute approximate surface area is 124 Å². The number of nitrogens with one attached hydrogen (secondary N) is 4. The highest BCUT2D eigenvalue weighted by molar-refractivity contribution is 5.94. The summed E-state index contributed by atoms with van der Waals surface area (Å²) in [6.07, 6.45) is 1.37. The molecule has 22 heavy (non-hydrogen) atoms. The van der Waals surface area contributed by atoms with Gasteiger partial charge in [-0.25, -0.2) is 4.79 Å². The number of pyridine rings is 1. The average Bonchev–Trinajstić information content (AvgIpc) is 2.86. The Hall–Kier alpha value is -3.09. The van der Waals surface area contributed by atoms with Crippen LogP contribution in [0, 0.1) is 0 Å². The van der Waals surface area contributed by atoms with E-state index >= 15 is 0 Å². The second kappa shape index (κ2) is 5.36. The molecule has 1 unspecified atom stereocenters. The monoisotopic (exact) mass is 298 g/mol. The molecule has 2 aromatic heterocycles. The second-order valence-corrected chi connectivity index (χ2v) is 5.02. The number of rotatable bonds is 3. The van der Waals surface area contributed by atoms with Gasteiger partial charge in [0, 0.05) is 12.3 Å². The molecule has 2 heterocycles. The Morgan fingerprint density at radius 2 is 1.86 bits per heavy atom. The van der Waals surface area contributed by atoms with Gasteiger partial charge in [0.05, 0.1) is 22.6 Å². The lowest BCUT2D eigenvalue weighted by atomic mass is 10.1. The van der Waals surface area contributed by atoms with Crippen molar-refractivity contribution in [1.82, 2.24) is 20.3 Å². The topological polar surface area (TPSA) is 111 Å². The summed E-state index contributed by atoms with van der Waals surface area (Å²) in [5.74, 6) is -0.286. The lowest BCUT2D eigenvalue weighted by molar-refractivity contribution is 0.0939. The van der Waals surface area contributed by atoms with Gasteiger partial charge in [0.25, 0.3) is 5.91 Å². The molecule has 0 bridgehead atoms. The Balaban J connectivity index is 1.81. The van der Waals surface area contributed by atoms with Crippen molar-refractivity contribution in [1.29, 1.82) is 0 Å². The number of benzene rings is 1. The third kappa shape index (κ3) is 2.69. The van der Waals surface area contributed by atoms with Gasteiger partial charge in [-0.2, -0.15) is 0 Å². The van der Waals surface area contributed by atoms with Crippen molar-refractivity contribution in [2.24, 2.45) is 0 Å². The minimum absolute atomic E-state index is 0.248. The minimum Gasteiger partial charge on any atom is -0.345 e. The van der Waals surface area contributed by atoms with Gasteiger partial charge in [0.2, 0.25) is 5.56 Å². The largest absolute Gasteiger partial charge is 0.345 e. The predicted molar refractivity (Wildman–Crippen MR) is 81.9 cm³/mol. The Morgan fingerprint density at radius 1 is 1.09 bits per heavy atom. The number of hydrogen-bond donors (Lipinski definition) is 4. The normalized spacial score (nSPS) is 12.2. The number of imidazole rings is 1. The molecule has 112 valence electrons. The zero-order valence-corrected chi connectivity index (χ0v) is 11.8. The first kappa shape index (κ1) is 13.9. The standard InChI is InChI=1S/C15H14N4O3/c1-8(17-14(21)10-3-5-13(20)16-7-10)9-2-4-11-12(6-9)19-15(22)18-11/h2-8H,1H3,(H,16,20)(H,17,21)(H2,18,19,22). The predicted octanol–water partition coefficient (Wildman–Crippen LogP) is 1.04. The smallest absolute Gasteiger partial charge is 0.323 e. The highest BCUT2D eigenvalue weighted by Crippen LogP contribution is 2.17. The van der Waals surface area contributed by atoms with Crippen LogP contribution < -0.4 is 16.6 Å². The Kier molecular flexibility index (Phi) is 3.38. The van der Waals surface area contributed by atoms with E-state index in [1.165, 1.54) is 18.3 Å². The highest BCUT2D eigenvalue weighted by Gasteiger charge is 2.12. The van der Waals surface area contributed by atoms with E-state index in [1.54, 1.807) is 6.07 Å². The van der Waals surface area contributed by atoms with Crippen molar-refractivity contribution >= 4 is 16.9 Å². The van der Waals surface area contributed by atoms with Crippen molar-refractivity contribution in [2.75, 3.05) is 0 Å². The fraction of sp³-hybridized carbons (Fsp3) is 0.133. The number of carbonyl (C=O) groups excluding carboxylic acids is 1. The van der Waals surface area contributed by atoms with Crippen molar-refractivity contribution < 1.29 is 4.79 Å². The van der Waals surface area contributed by atoms with Gasteiger partial charge in [-0.1, -0.05) is 6.07 Å². The van der Waals surface area contributed by atoms with E-state index in [0.717, 1.165) is 5.56 Å². The molecular formula is C15H14N4O3. The Morgan fingerprint density at radius 3 is 2.59 bits per heavy atom. The first-order valence-corrected chi connectivity index (χ1v) is 6.74. The number of hydrogen-bond acceptors (Lipinski definition) is 3. The Bertz CT molecular complexity index is 931. The van der Waals surface area contributed by atoms with Crippen LogP contribution in [0.3, 0.4) is 0 Å². The molecule has 3 aromatic rings. The summed E-state index contributed by atoms with van der Waals surface area (Å²) in [5, 5.41) is 2.84. The van der Waals surface area contributed by atoms with E-state index in [2.05, 4.69) is 20.3 Å². The molecule has 0 aliphatic rings. The number of fused-ring (bicyclic) bond motifs is 1. The summed E-state index contributed by atoms with van der Waals surface area (Å²) in [6.45, 7) is 1.84. The molecule has 1 amide bonds. The SMILES string of the molecule is CC(NC(=O)c1ccc(=O)[nH]c1)c1ccc2[nH]c(=O)[nH]c2c1. The van der Waals surface area contributed by atoms with Gasteiger partial charge in [0.15, 0.2) is 0 Å². The van der Waals surface area contributed by atoms with E-state index in [4.69, 9.17) is 0 Å². The first-order valence-electron chi connectivity index (χ1n) is 6.74. The zero-order chi connectivity index (χ0) is 15.7. The fourth-order valence-electron chi connectivity index (χ4n) is 2.23. The maximum atomic E-state index is 12.1. The molecule has 0 aliphatic heterocycles. The second-order valence-electron chi connectivity index (χ2n) is 5.02. The lowest BCUT2D eigenvalue weighted by Crippen LogP contribution is -2.27. The van der Waals surface area contributed by atoms with Gasteiger partial charge < -0.3 is 20.3 Å². The van der Waals surface area contributed by atoms with Crippen LogP contribution in [0.5, 0.6) is 0 Å². The van der Waals surface area contributed by atoms with E-state index in [-0.39, 0.29) is 23.2 Å². The molecule has 0 spiro atoms. The van der Waals surface area contributed by atoms with Crippen LogP contribution in [-0.4, -0.2) is 20.9 Å². The van der Waals surface area contributed by atoms with Crippen LogP contribution in [-0.2, 0) is 0 Å². The maximum Gasteiger partial charge on any atom is 0.323 e. The molecule has 4 N–H and O–H groups in total. The zero-order valence-electron chi connectivity index (χ0n) is 11.8. The molecular weight excluding hydrogens is 284 g/mol. The van der Waals surface area contributed by atoms with E-state index in [0.29, 0.717) is 16.6 Å². The molecule has 1 aromatic carbocycles. The van der Waals surface area contributed by atoms with Crippen LogP contribution in [0.4, 0.5) is 0 Å². The first-order chi connectivity index (χ1) is 10.5. The van der Waals surface area contributed by atoms with Crippen LogP contribution in [0.2, 0.25) is 0 Å². The summed E-state index contributed by atoms with van der Waals surface area (Å²) in [6, 6.07) is 7.95. The number of H-pyrrole nitrogens is 3. The molecule has 7 heteroatoms. The molecule has 0 fully saturated rings. The quantitative estimate of drug-likeness (QED) is 0.579. The van der Waals surface area contributed by atoms with Crippen molar-refractivity contribution in [2.45, 2.75) is 13.0 Å². The van der Waals surface area contributed by atoms with Gasteiger partial charge >= 0.3 is 5.69 Å². The molecule has 0 aliphatic carbocycles. The average molecular weight is 298 g/mol. The number of aromatic amines is 3. The number of aromatic nitrogens is 3. The maximum absolute atomic E-state index is 12.1. The summed E-state index contributed by atoms with van der Waals surface area (Å²) < 4.78 is 0. The lowest BCUT2D eigenvalue weighted by Gasteiger charge is -2.14. The van der Waals surface area contributed by atoms with Gasteiger partial charge in [0.1, 0.15) is 0 Å². The number of amides is 1. The highest BCUT2D eigenvalue weighted by atomic mass is 16.2. The van der Waals surface area contributed by atoms with Crippen molar-refractivity contribution in [3.8, 4) is 0 Å². The summed E-state index contributed by atoms with van der Waals surface area (Å²) in [5.41, 5.74) is 2.12. The molecule has 0 radical (unpaired) electrons. The molecule has 3 rings (SSSR count). The van der Waals surface area contributed by atoms with Gasteiger partial charge in [-0.15, -0.1) is 0 Å². The van der Waals surface area contributed by atoms with Crippen LogP contribution in [0.1, 0.15) is 28.9 Å². The van der Waals surface area contributed by atoms with E-state index < -0.39 is 0 Å². The van der Waals surface area contributed by atoms with Crippen LogP contribution in [0.25, 0.3) is 11.0 Å². The molecule has 7 nitrogen and oxygen atoms in total. The van der Waals surface area contributed by atoms with E-state index in [9.17, 15) is 14.4 Å².